The fourth-order valence-electron chi connectivity index (χ4n) is 1.56. The van der Waals surface area contributed by atoms with Gasteiger partial charge in [-0.3, -0.25) is 0 Å². The fourth-order valence-corrected chi connectivity index (χ4v) is 1.56. The molecule has 0 heterocycles. The summed E-state index contributed by atoms with van der Waals surface area (Å²) in [6, 6.07) is 3.77. The van der Waals surface area contributed by atoms with Gasteiger partial charge in [0.1, 0.15) is 5.75 Å². The molecule has 0 aliphatic heterocycles. The van der Waals surface area contributed by atoms with Crippen molar-refractivity contribution in [3.63, 3.8) is 0 Å². The smallest absolute Gasteiger partial charge is 0.416 e. The molecule has 112 valence electrons. The number of halogens is 3. The number of hydrogen-bond acceptors (Lipinski definition) is 2. The predicted octanol–water partition coefficient (Wildman–Crippen LogP) is 2.53. The Bertz CT molecular complexity index is 472. The minimum Gasteiger partial charge on any atom is -0.497 e. The maximum atomic E-state index is 12.9. The zero-order valence-electron chi connectivity index (χ0n) is 11.4. The van der Waals surface area contributed by atoms with E-state index in [4.69, 9.17) is 10.5 Å². The van der Waals surface area contributed by atoms with Crippen molar-refractivity contribution in [3.05, 3.63) is 29.3 Å². The van der Waals surface area contributed by atoms with E-state index in [2.05, 4.69) is 10.3 Å². The van der Waals surface area contributed by atoms with Crippen LogP contribution in [-0.4, -0.2) is 19.6 Å². The number of hydrogen-bond donors (Lipinski definition) is 2. The maximum absolute atomic E-state index is 12.9. The summed E-state index contributed by atoms with van der Waals surface area (Å²) in [6.07, 6.45) is -3.60. The lowest BCUT2D eigenvalue weighted by Crippen LogP contribution is -2.32. The quantitative estimate of drug-likeness (QED) is 0.647. The van der Waals surface area contributed by atoms with Crippen molar-refractivity contribution in [3.8, 4) is 5.75 Å². The third-order valence-corrected chi connectivity index (χ3v) is 2.60. The van der Waals surface area contributed by atoms with E-state index < -0.39 is 11.7 Å². The summed E-state index contributed by atoms with van der Waals surface area (Å²) in [5, 5.41) is 2.81. The third-order valence-electron chi connectivity index (χ3n) is 2.60. The molecule has 20 heavy (non-hydrogen) atoms. The summed E-state index contributed by atoms with van der Waals surface area (Å²) < 4.78 is 43.6. The van der Waals surface area contributed by atoms with Crippen LogP contribution < -0.4 is 15.8 Å². The van der Waals surface area contributed by atoms with Crippen LogP contribution in [-0.2, 0) is 12.7 Å². The summed E-state index contributed by atoms with van der Waals surface area (Å²) >= 11 is 0. The van der Waals surface area contributed by atoms with E-state index in [0.717, 1.165) is 12.5 Å². The molecule has 0 saturated heterocycles. The summed E-state index contributed by atoms with van der Waals surface area (Å²) in [5.41, 5.74) is 4.85. The van der Waals surface area contributed by atoms with Crippen LogP contribution in [0.5, 0.6) is 5.75 Å². The van der Waals surface area contributed by atoms with Gasteiger partial charge in [0, 0.05) is 6.54 Å². The van der Waals surface area contributed by atoms with Gasteiger partial charge in [0.2, 0.25) is 0 Å². The summed E-state index contributed by atoms with van der Waals surface area (Å²) in [5.74, 6) is 0.290. The van der Waals surface area contributed by atoms with E-state index in [1.807, 2.05) is 6.92 Å². The van der Waals surface area contributed by atoms with Crippen LogP contribution in [0.3, 0.4) is 0 Å². The Morgan fingerprint density at radius 2 is 2.10 bits per heavy atom. The van der Waals surface area contributed by atoms with Crippen molar-refractivity contribution in [1.29, 1.82) is 0 Å². The second kappa shape index (κ2) is 7.02. The monoisotopic (exact) mass is 289 g/mol. The number of benzene rings is 1. The molecule has 0 atom stereocenters. The van der Waals surface area contributed by atoms with Gasteiger partial charge < -0.3 is 15.8 Å². The molecule has 1 aromatic carbocycles. The molecule has 1 aromatic rings. The molecule has 0 aliphatic carbocycles. The number of nitrogens with zero attached hydrogens (tertiary/aromatic N) is 1. The number of nitrogens with two attached hydrogens (primary N) is 1. The second-order valence-electron chi connectivity index (χ2n) is 4.15. The molecule has 0 saturated carbocycles. The Kier molecular flexibility index (Phi) is 5.66. The molecule has 0 unspecified atom stereocenters. The number of methoxy groups -OCH3 is 1. The minimum absolute atomic E-state index is 0.0551. The van der Waals surface area contributed by atoms with Gasteiger partial charge >= 0.3 is 6.18 Å². The summed E-state index contributed by atoms with van der Waals surface area (Å²) in [6.45, 7) is 2.44. The zero-order chi connectivity index (χ0) is 15.2. The molecule has 0 amide bonds. The van der Waals surface area contributed by atoms with E-state index in [1.165, 1.54) is 19.2 Å². The average Bonchev–Trinajstić information content (AvgIpc) is 2.41. The Balaban J connectivity index is 2.94. The first kappa shape index (κ1) is 16.1. The van der Waals surface area contributed by atoms with Gasteiger partial charge in [0.25, 0.3) is 0 Å². The first-order valence-electron chi connectivity index (χ1n) is 6.16. The highest BCUT2D eigenvalue weighted by Gasteiger charge is 2.33. The number of aliphatic imine (C=N–C) groups is 1. The Morgan fingerprint density at radius 3 is 2.65 bits per heavy atom. The van der Waals surface area contributed by atoms with Crippen LogP contribution in [0.4, 0.5) is 13.2 Å². The minimum atomic E-state index is -4.45. The summed E-state index contributed by atoms with van der Waals surface area (Å²) in [7, 11) is 1.32. The fraction of sp³-hybridized carbons (Fsp3) is 0.462. The molecule has 0 aliphatic rings. The van der Waals surface area contributed by atoms with E-state index in [1.54, 1.807) is 0 Å². The lowest BCUT2D eigenvalue weighted by atomic mass is 10.1. The molecule has 0 spiro atoms. The second-order valence-corrected chi connectivity index (χ2v) is 4.15. The van der Waals surface area contributed by atoms with Crippen molar-refractivity contribution in [2.75, 3.05) is 13.7 Å². The molecule has 4 nitrogen and oxygen atoms in total. The van der Waals surface area contributed by atoms with Crippen molar-refractivity contribution >= 4 is 5.96 Å². The highest BCUT2D eigenvalue weighted by Crippen LogP contribution is 2.34. The average molecular weight is 289 g/mol. The predicted molar refractivity (Wildman–Crippen MR) is 71.6 cm³/mol. The Morgan fingerprint density at radius 1 is 1.40 bits per heavy atom. The van der Waals surface area contributed by atoms with E-state index in [9.17, 15) is 13.2 Å². The van der Waals surface area contributed by atoms with Crippen LogP contribution in [0.2, 0.25) is 0 Å². The number of nitrogens with one attached hydrogen (secondary N) is 1. The van der Waals surface area contributed by atoms with Crippen LogP contribution >= 0.6 is 0 Å². The van der Waals surface area contributed by atoms with Gasteiger partial charge in [-0.1, -0.05) is 13.0 Å². The van der Waals surface area contributed by atoms with E-state index in [0.29, 0.717) is 6.54 Å². The molecule has 0 radical (unpaired) electrons. The Hall–Kier alpha value is -1.92. The first-order chi connectivity index (χ1) is 9.38. The highest BCUT2D eigenvalue weighted by molar-refractivity contribution is 5.77. The number of rotatable bonds is 5. The molecule has 7 heteroatoms. The highest BCUT2D eigenvalue weighted by atomic mass is 19.4. The lowest BCUT2D eigenvalue weighted by Gasteiger charge is -2.13. The van der Waals surface area contributed by atoms with Crippen molar-refractivity contribution in [2.45, 2.75) is 26.1 Å². The van der Waals surface area contributed by atoms with Crippen LogP contribution in [0.15, 0.2) is 23.2 Å². The van der Waals surface area contributed by atoms with Gasteiger partial charge in [-0.25, -0.2) is 4.99 Å². The molecule has 0 aromatic heterocycles. The Labute approximate surface area is 115 Å². The number of alkyl halides is 3. The SMILES string of the molecule is CCCNC(N)=NCc1ccc(OC)cc1C(F)(F)F. The normalized spacial score (nSPS) is 12.3. The zero-order valence-corrected chi connectivity index (χ0v) is 11.4. The maximum Gasteiger partial charge on any atom is 0.416 e. The van der Waals surface area contributed by atoms with E-state index in [-0.39, 0.29) is 23.8 Å². The number of guanidine groups is 1. The van der Waals surface area contributed by atoms with Crippen LogP contribution in [0, 0.1) is 0 Å². The van der Waals surface area contributed by atoms with E-state index >= 15 is 0 Å². The molecular formula is C13H18F3N3O. The molecule has 3 N–H and O–H groups in total. The van der Waals surface area contributed by atoms with Gasteiger partial charge in [-0.05, 0) is 24.1 Å². The lowest BCUT2D eigenvalue weighted by molar-refractivity contribution is -0.138. The topological polar surface area (TPSA) is 59.6 Å². The summed E-state index contributed by atoms with van der Waals surface area (Å²) in [4.78, 5) is 3.90. The largest absolute Gasteiger partial charge is 0.497 e. The number of ether oxygens (including phenoxy) is 1. The first-order valence-corrected chi connectivity index (χ1v) is 6.16. The molecule has 0 bridgehead atoms. The third kappa shape index (κ3) is 4.64. The van der Waals surface area contributed by atoms with Crippen LogP contribution in [0.1, 0.15) is 24.5 Å². The van der Waals surface area contributed by atoms with Gasteiger partial charge in [0.05, 0.1) is 19.2 Å². The standard InChI is InChI=1S/C13H18F3N3O/c1-3-6-18-12(17)19-8-9-4-5-10(20-2)7-11(9)13(14,15)16/h4-5,7H,3,6,8H2,1-2H3,(H3,17,18,19). The van der Waals surface area contributed by atoms with Crippen molar-refractivity contribution < 1.29 is 17.9 Å². The van der Waals surface area contributed by atoms with Gasteiger partial charge in [-0.15, -0.1) is 0 Å². The van der Waals surface area contributed by atoms with Crippen molar-refractivity contribution in [2.24, 2.45) is 10.7 Å². The van der Waals surface area contributed by atoms with Crippen LogP contribution in [0.25, 0.3) is 0 Å². The van der Waals surface area contributed by atoms with Gasteiger partial charge in [-0.2, -0.15) is 13.2 Å². The molecular weight excluding hydrogens is 271 g/mol. The molecule has 1 rings (SSSR count). The van der Waals surface area contributed by atoms with Crippen molar-refractivity contribution in [1.82, 2.24) is 5.32 Å². The van der Waals surface area contributed by atoms with Gasteiger partial charge in [0.15, 0.2) is 5.96 Å². The molecule has 0 fully saturated rings.